The maximum atomic E-state index is 10.4. The van der Waals surface area contributed by atoms with Gasteiger partial charge in [-0.2, -0.15) is 0 Å². The standard InChI is InChI=1S/C6H12O2.C6H10O2.3CH4/c2*1-3-6(8)4-5(2)7;;;/h6,8H,3-4H2,1-2H3;3-4H2,1-2H3;3*1H4. The van der Waals surface area contributed by atoms with Crippen LogP contribution in [0.4, 0.5) is 0 Å². The molecule has 0 aliphatic rings. The van der Waals surface area contributed by atoms with Crippen LogP contribution in [-0.4, -0.2) is 28.6 Å². The van der Waals surface area contributed by atoms with Gasteiger partial charge in [0, 0.05) is 12.8 Å². The number of Topliss-reactive ketones (excluding diaryl/α,β-unsaturated/α-hetero) is 3. The number of aliphatic hydroxyl groups excluding tert-OH is 1. The molecule has 4 nitrogen and oxygen atoms in total. The fourth-order valence-corrected chi connectivity index (χ4v) is 0.879. The second-order valence-corrected chi connectivity index (χ2v) is 3.74. The molecule has 0 aromatic carbocycles. The van der Waals surface area contributed by atoms with Crippen LogP contribution < -0.4 is 0 Å². The zero-order valence-electron chi connectivity index (χ0n) is 10.6. The van der Waals surface area contributed by atoms with Crippen molar-refractivity contribution in [3.63, 3.8) is 0 Å². The van der Waals surface area contributed by atoms with Crippen LogP contribution >= 0.6 is 0 Å². The Bertz CT molecular complexity index is 234. The van der Waals surface area contributed by atoms with E-state index >= 15 is 0 Å². The van der Waals surface area contributed by atoms with Crippen molar-refractivity contribution in [1.29, 1.82) is 0 Å². The number of ketones is 3. The SMILES string of the molecule is C.C.C.CCC(=O)CC(C)=O.CCC(O)CC(C)=O. The first kappa shape index (κ1) is 30.8. The maximum absolute atomic E-state index is 10.4. The zero-order chi connectivity index (χ0) is 13.1. The molecule has 0 aliphatic carbocycles. The van der Waals surface area contributed by atoms with Crippen LogP contribution in [0.15, 0.2) is 0 Å². The molecule has 118 valence electrons. The molecule has 1 N–H and O–H groups in total. The Kier molecular flexibility index (Phi) is 31.3. The van der Waals surface area contributed by atoms with Crippen LogP contribution in [0, 0.1) is 0 Å². The molecular weight excluding hydrogens is 244 g/mol. The summed E-state index contributed by atoms with van der Waals surface area (Å²) in [5.41, 5.74) is 0. The number of carbonyl (C=O) groups is 3. The van der Waals surface area contributed by atoms with E-state index in [2.05, 4.69) is 0 Å². The van der Waals surface area contributed by atoms with Gasteiger partial charge < -0.3 is 5.11 Å². The first-order valence-corrected chi connectivity index (χ1v) is 5.52. The van der Waals surface area contributed by atoms with E-state index in [0.717, 1.165) is 0 Å². The number of carbonyl (C=O) groups excluding carboxylic acids is 3. The summed E-state index contributed by atoms with van der Waals surface area (Å²) in [5, 5.41) is 8.81. The average molecular weight is 278 g/mol. The van der Waals surface area contributed by atoms with Crippen LogP contribution in [0.25, 0.3) is 0 Å². The third-order valence-electron chi connectivity index (χ3n) is 1.83. The Morgan fingerprint density at radius 3 is 1.47 bits per heavy atom. The molecule has 4 heteroatoms. The maximum Gasteiger partial charge on any atom is 0.139 e. The fourth-order valence-electron chi connectivity index (χ4n) is 0.879. The lowest BCUT2D eigenvalue weighted by molar-refractivity contribution is -0.125. The topological polar surface area (TPSA) is 71.4 Å². The van der Waals surface area contributed by atoms with Gasteiger partial charge >= 0.3 is 0 Å². The van der Waals surface area contributed by atoms with Gasteiger partial charge in [-0.25, -0.2) is 0 Å². The smallest absolute Gasteiger partial charge is 0.139 e. The molecule has 0 fully saturated rings. The number of rotatable bonds is 6. The van der Waals surface area contributed by atoms with Crippen molar-refractivity contribution in [2.24, 2.45) is 0 Å². The van der Waals surface area contributed by atoms with E-state index in [4.69, 9.17) is 5.11 Å². The summed E-state index contributed by atoms with van der Waals surface area (Å²) in [6, 6.07) is 0. The third-order valence-corrected chi connectivity index (χ3v) is 1.83. The second kappa shape index (κ2) is 19.3. The lowest BCUT2D eigenvalue weighted by Gasteiger charge is -2.01. The molecule has 1 unspecified atom stereocenters. The summed E-state index contributed by atoms with van der Waals surface area (Å²) < 4.78 is 0. The summed E-state index contributed by atoms with van der Waals surface area (Å²) in [4.78, 5) is 30.8. The van der Waals surface area contributed by atoms with Gasteiger partial charge in [0.15, 0.2) is 0 Å². The summed E-state index contributed by atoms with van der Waals surface area (Å²) in [5.74, 6) is 0.0358. The lowest BCUT2D eigenvalue weighted by Crippen LogP contribution is -2.08. The van der Waals surface area contributed by atoms with Crippen LogP contribution in [0.3, 0.4) is 0 Å². The van der Waals surface area contributed by atoms with Crippen molar-refractivity contribution in [2.75, 3.05) is 0 Å². The Hall–Kier alpha value is -1.03. The van der Waals surface area contributed by atoms with Crippen LogP contribution in [0.2, 0.25) is 0 Å². The van der Waals surface area contributed by atoms with Crippen LogP contribution in [0.1, 0.15) is 75.7 Å². The zero-order valence-corrected chi connectivity index (χ0v) is 10.6. The highest BCUT2D eigenvalue weighted by Crippen LogP contribution is 1.95. The highest BCUT2D eigenvalue weighted by atomic mass is 16.3. The molecule has 0 saturated heterocycles. The Morgan fingerprint density at radius 2 is 1.37 bits per heavy atom. The molecule has 0 saturated carbocycles. The van der Waals surface area contributed by atoms with Crippen molar-refractivity contribution < 1.29 is 19.5 Å². The van der Waals surface area contributed by atoms with Gasteiger partial charge in [0.1, 0.15) is 17.3 Å². The van der Waals surface area contributed by atoms with Crippen LogP contribution in [0.5, 0.6) is 0 Å². The van der Waals surface area contributed by atoms with E-state index < -0.39 is 6.10 Å². The molecule has 0 aromatic rings. The molecule has 1 atom stereocenters. The average Bonchev–Trinajstić information content (AvgIpc) is 2.16. The molecule has 19 heavy (non-hydrogen) atoms. The molecule has 0 bridgehead atoms. The molecule has 0 heterocycles. The molecule has 0 spiro atoms. The molecule has 0 radical (unpaired) electrons. The first-order valence-electron chi connectivity index (χ1n) is 5.52. The second-order valence-electron chi connectivity index (χ2n) is 3.74. The third kappa shape index (κ3) is 31.6. The number of aliphatic hydroxyl groups is 1. The fraction of sp³-hybridized carbons (Fsp3) is 0.800. The predicted molar refractivity (Wildman–Crippen MR) is 82.4 cm³/mol. The number of hydrogen-bond acceptors (Lipinski definition) is 4. The van der Waals surface area contributed by atoms with E-state index in [1.54, 1.807) is 6.92 Å². The van der Waals surface area contributed by atoms with Gasteiger partial charge in [0.05, 0.1) is 12.5 Å². The highest BCUT2D eigenvalue weighted by Gasteiger charge is 2.02. The van der Waals surface area contributed by atoms with Crippen molar-refractivity contribution in [3.05, 3.63) is 0 Å². The summed E-state index contributed by atoms with van der Waals surface area (Å²) in [7, 11) is 0. The minimum absolute atomic E-state index is 0. The summed E-state index contributed by atoms with van der Waals surface area (Å²) in [6.45, 7) is 6.52. The molecule has 0 aromatic heterocycles. The Labute approximate surface area is 119 Å². The molecular formula is C15H34O4. The van der Waals surface area contributed by atoms with Crippen molar-refractivity contribution >= 4 is 17.3 Å². The molecule has 0 aliphatic heterocycles. The largest absolute Gasteiger partial charge is 0.393 e. The van der Waals surface area contributed by atoms with E-state index in [-0.39, 0.29) is 46.1 Å². The van der Waals surface area contributed by atoms with E-state index in [0.29, 0.717) is 19.3 Å². The number of hydrogen-bond donors (Lipinski definition) is 1. The van der Waals surface area contributed by atoms with Crippen LogP contribution in [-0.2, 0) is 14.4 Å². The summed E-state index contributed by atoms with van der Waals surface area (Å²) in [6.07, 6.45) is 1.12. The molecule has 0 amide bonds. The minimum atomic E-state index is -0.424. The van der Waals surface area contributed by atoms with Crippen molar-refractivity contribution in [1.82, 2.24) is 0 Å². The van der Waals surface area contributed by atoms with Gasteiger partial charge in [-0.15, -0.1) is 0 Å². The van der Waals surface area contributed by atoms with Crippen molar-refractivity contribution in [3.8, 4) is 0 Å². The molecule has 0 rings (SSSR count). The van der Waals surface area contributed by atoms with Gasteiger partial charge in [-0.3, -0.25) is 14.4 Å². The lowest BCUT2D eigenvalue weighted by atomic mass is 10.1. The van der Waals surface area contributed by atoms with Gasteiger partial charge in [-0.05, 0) is 20.3 Å². The van der Waals surface area contributed by atoms with Gasteiger partial charge in [0.25, 0.3) is 0 Å². The quantitative estimate of drug-likeness (QED) is 0.754. The summed E-state index contributed by atoms with van der Waals surface area (Å²) >= 11 is 0. The van der Waals surface area contributed by atoms with Gasteiger partial charge in [0.2, 0.25) is 0 Å². The highest BCUT2D eigenvalue weighted by molar-refractivity contribution is 5.97. The Morgan fingerprint density at radius 1 is 0.947 bits per heavy atom. The first-order chi connectivity index (χ1) is 7.33. The Balaban J connectivity index is -0.0000000594. The van der Waals surface area contributed by atoms with Crippen molar-refractivity contribution in [2.45, 2.75) is 81.8 Å². The monoisotopic (exact) mass is 278 g/mol. The minimum Gasteiger partial charge on any atom is -0.393 e. The van der Waals surface area contributed by atoms with Gasteiger partial charge in [-0.1, -0.05) is 36.1 Å². The predicted octanol–water partition coefficient (Wildman–Crippen LogP) is 3.59. The van der Waals surface area contributed by atoms with E-state index in [1.165, 1.54) is 13.8 Å². The van der Waals surface area contributed by atoms with E-state index in [9.17, 15) is 14.4 Å². The van der Waals surface area contributed by atoms with E-state index in [1.807, 2.05) is 6.92 Å². The normalized spacial score (nSPS) is 9.32.